The molecule has 0 amide bonds. The van der Waals surface area contributed by atoms with Crippen molar-refractivity contribution >= 4 is 27.3 Å². The van der Waals surface area contributed by atoms with Gasteiger partial charge in [0, 0.05) is 40.4 Å². The van der Waals surface area contributed by atoms with Crippen molar-refractivity contribution < 1.29 is 0 Å². The van der Waals surface area contributed by atoms with Crippen LogP contribution in [0.2, 0.25) is 0 Å². The van der Waals surface area contributed by atoms with Crippen molar-refractivity contribution in [3.8, 4) is 67.4 Å². The molecule has 0 radical (unpaired) electrons. The smallest absolute Gasteiger partial charge is 0.160 e. The van der Waals surface area contributed by atoms with E-state index in [9.17, 15) is 0 Å². The molecule has 3 heterocycles. The van der Waals surface area contributed by atoms with E-state index in [-0.39, 0.29) is 0 Å². The number of aliphatic imine (C=N–C) groups is 1. The molecular weight excluding hydrogens is 681 g/mol. The molecule has 2 aromatic heterocycles. The molecule has 56 heavy (non-hydrogen) atoms. The van der Waals surface area contributed by atoms with Crippen molar-refractivity contribution in [1.29, 1.82) is 0 Å². The Bertz CT molecular complexity index is 2840. The molecular formula is C52H36N4. The average molecular weight is 717 g/mol. The van der Waals surface area contributed by atoms with Crippen LogP contribution in [0, 0.1) is 0 Å². The Hall–Kier alpha value is -7.30. The molecule has 1 aliphatic rings. The Balaban J connectivity index is 1.17. The van der Waals surface area contributed by atoms with E-state index in [4.69, 9.17) is 9.97 Å². The van der Waals surface area contributed by atoms with Gasteiger partial charge in [-0.25, -0.2) is 9.97 Å². The first-order valence-corrected chi connectivity index (χ1v) is 19.1. The summed E-state index contributed by atoms with van der Waals surface area (Å²) in [6, 6.07) is 62.3. The third kappa shape index (κ3) is 6.48. The fourth-order valence-electron chi connectivity index (χ4n) is 7.79. The van der Waals surface area contributed by atoms with Gasteiger partial charge in [-0.1, -0.05) is 146 Å². The lowest BCUT2D eigenvalue weighted by molar-refractivity contribution is 1.06. The minimum Gasteiger partial charge on any atom is -0.261 e. The van der Waals surface area contributed by atoms with Gasteiger partial charge in [-0.2, -0.15) is 0 Å². The number of fused-ring (bicyclic) bond motifs is 2. The van der Waals surface area contributed by atoms with Crippen molar-refractivity contribution in [3.63, 3.8) is 0 Å². The van der Waals surface area contributed by atoms with Gasteiger partial charge in [-0.05, 0) is 98.6 Å². The van der Waals surface area contributed by atoms with E-state index >= 15 is 0 Å². The van der Waals surface area contributed by atoms with Gasteiger partial charge in [0.2, 0.25) is 0 Å². The van der Waals surface area contributed by atoms with Gasteiger partial charge in [-0.15, -0.1) is 0 Å². The highest BCUT2D eigenvalue weighted by atomic mass is 14.9. The number of nitrogens with zero attached hydrogens (tertiary/aromatic N) is 4. The average Bonchev–Trinajstić information content (AvgIpc) is 3.29. The maximum Gasteiger partial charge on any atom is 0.160 e. The van der Waals surface area contributed by atoms with Gasteiger partial charge in [0.05, 0.1) is 17.1 Å². The van der Waals surface area contributed by atoms with Gasteiger partial charge in [0.15, 0.2) is 5.82 Å². The van der Waals surface area contributed by atoms with E-state index in [1.165, 1.54) is 32.7 Å². The second kappa shape index (κ2) is 14.5. The summed E-state index contributed by atoms with van der Waals surface area (Å²) in [4.78, 5) is 19.9. The van der Waals surface area contributed by atoms with E-state index in [0.717, 1.165) is 74.6 Å². The molecule has 10 rings (SSSR count). The van der Waals surface area contributed by atoms with Crippen molar-refractivity contribution in [2.45, 2.75) is 12.8 Å². The molecule has 9 aromatic rings. The molecule has 0 N–H and O–H groups in total. The minimum absolute atomic E-state index is 0.667. The molecule has 0 unspecified atom stereocenters. The number of pyridine rings is 1. The quantitative estimate of drug-likeness (QED) is 0.165. The summed E-state index contributed by atoms with van der Waals surface area (Å²) in [5.41, 5.74) is 13.5. The number of allylic oxidation sites excluding steroid dienone is 1. The highest BCUT2D eigenvalue weighted by Gasteiger charge is 2.16. The number of hydrogen-bond acceptors (Lipinski definition) is 4. The second-order valence-electron chi connectivity index (χ2n) is 14.2. The lowest BCUT2D eigenvalue weighted by Gasteiger charge is -2.15. The van der Waals surface area contributed by atoms with E-state index in [1.807, 2.05) is 30.6 Å². The van der Waals surface area contributed by atoms with Crippen LogP contribution in [-0.2, 0) is 0 Å². The first-order valence-electron chi connectivity index (χ1n) is 19.1. The van der Waals surface area contributed by atoms with Crippen LogP contribution >= 0.6 is 0 Å². The molecule has 264 valence electrons. The van der Waals surface area contributed by atoms with Crippen molar-refractivity contribution in [3.05, 3.63) is 200 Å². The van der Waals surface area contributed by atoms with E-state index in [2.05, 4.69) is 174 Å². The van der Waals surface area contributed by atoms with E-state index in [0.29, 0.717) is 5.82 Å². The fourth-order valence-corrected chi connectivity index (χ4v) is 7.79. The van der Waals surface area contributed by atoms with Crippen molar-refractivity contribution in [1.82, 2.24) is 15.0 Å². The number of aromatic nitrogens is 3. The maximum absolute atomic E-state index is 5.34. The predicted octanol–water partition coefficient (Wildman–Crippen LogP) is 13.3. The van der Waals surface area contributed by atoms with Crippen LogP contribution in [0.5, 0.6) is 0 Å². The molecule has 4 nitrogen and oxygen atoms in total. The Kier molecular flexibility index (Phi) is 8.62. The van der Waals surface area contributed by atoms with Crippen LogP contribution in [-0.4, -0.2) is 20.7 Å². The molecule has 0 aliphatic carbocycles. The normalized spacial score (nSPS) is 12.5. The Morgan fingerprint density at radius 1 is 0.393 bits per heavy atom. The third-order valence-electron chi connectivity index (χ3n) is 10.7. The van der Waals surface area contributed by atoms with Crippen LogP contribution in [0.1, 0.15) is 18.4 Å². The molecule has 0 atom stereocenters. The highest BCUT2D eigenvalue weighted by molar-refractivity contribution is 6.02. The van der Waals surface area contributed by atoms with Crippen LogP contribution in [0.15, 0.2) is 199 Å². The summed E-state index contributed by atoms with van der Waals surface area (Å²) in [5.74, 6) is 0.667. The van der Waals surface area contributed by atoms with Crippen LogP contribution in [0.25, 0.3) is 89.0 Å². The van der Waals surface area contributed by atoms with Crippen LogP contribution in [0.3, 0.4) is 0 Å². The van der Waals surface area contributed by atoms with Gasteiger partial charge in [0.25, 0.3) is 0 Å². The molecule has 7 aromatic carbocycles. The minimum atomic E-state index is 0.667. The zero-order chi connectivity index (χ0) is 37.3. The molecule has 1 aliphatic heterocycles. The Labute approximate surface area is 326 Å². The summed E-state index contributed by atoms with van der Waals surface area (Å²) in [6.45, 7) is 0. The standard InChI is InChI=1S/C52H36N4/c1-3-15-44-35(11-1)13-9-17-46(44)41-31-42(47-18-10-14-36-12-2-4-16-45(36)47)33-43(32-41)52-55-50(39-25-21-37(22-26-39)48-19-5-7-29-53-48)34-51(56-52)40-27-23-38(24-28-40)49-20-6-8-30-54-49/h1-5,7-19,21-34H,6,20H2. The summed E-state index contributed by atoms with van der Waals surface area (Å²) >= 11 is 0. The summed E-state index contributed by atoms with van der Waals surface area (Å²) in [5, 5.41) is 4.82. The lowest BCUT2D eigenvalue weighted by Crippen LogP contribution is -2.02. The van der Waals surface area contributed by atoms with Crippen molar-refractivity contribution in [2.75, 3.05) is 0 Å². The fraction of sp³-hybridized carbons (Fsp3) is 0.0385. The highest BCUT2D eigenvalue weighted by Crippen LogP contribution is 2.38. The zero-order valence-corrected chi connectivity index (χ0v) is 30.7. The number of benzene rings is 7. The molecule has 0 fully saturated rings. The summed E-state index contributed by atoms with van der Waals surface area (Å²) < 4.78 is 0. The molecule has 0 spiro atoms. The maximum atomic E-state index is 5.34. The Morgan fingerprint density at radius 3 is 1.46 bits per heavy atom. The molecule has 0 saturated heterocycles. The summed E-state index contributed by atoms with van der Waals surface area (Å²) in [7, 11) is 0. The Morgan fingerprint density at radius 2 is 0.911 bits per heavy atom. The van der Waals surface area contributed by atoms with Crippen LogP contribution < -0.4 is 0 Å². The SMILES string of the molecule is C1=CN=C(c2ccc(-c3cc(-c4ccc(-c5ccccn5)cc4)nc(-c4cc(-c5cccc6ccccc56)cc(-c5cccc6ccccc56)c4)n3)cc2)CC1. The molecule has 0 bridgehead atoms. The lowest BCUT2D eigenvalue weighted by atomic mass is 9.91. The van der Waals surface area contributed by atoms with Gasteiger partial charge >= 0.3 is 0 Å². The van der Waals surface area contributed by atoms with Crippen LogP contribution in [0.4, 0.5) is 0 Å². The van der Waals surface area contributed by atoms with E-state index < -0.39 is 0 Å². The van der Waals surface area contributed by atoms with Crippen molar-refractivity contribution in [2.24, 2.45) is 4.99 Å². The number of rotatable bonds is 7. The molecule has 4 heteroatoms. The third-order valence-corrected chi connectivity index (χ3v) is 10.7. The zero-order valence-electron chi connectivity index (χ0n) is 30.7. The first-order chi connectivity index (χ1) is 27.7. The van der Waals surface area contributed by atoms with Gasteiger partial charge in [-0.3, -0.25) is 9.98 Å². The largest absolute Gasteiger partial charge is 0.261 e. The van der Waals surface area contributed by atoms with Gasteiger partial charge < -0.3 is 0 Å². The predicted molar refractivity (Wildman–Crippen MR) is 232 cm³/mol. The summed E-state index contributed by atoms with van der Waals surface area (Å²) in [6.07, 6.45) is 7.81. The van der Waals surface area contributed by atoms with E-state index in [1.54, 1.807) is 0 Å². The van der Waals surface area contributed by atoms with Gasteiger partial charge in [0.1, 0.15) is 0 Å². The topological polar surface area (TPSA) is 51.0 Å². The second-order valence-corrected chi connectivity index (χ2v) is 14.2. The monoisotopic (exact) mass is 716 g/mol. The first kappa shape index (κ1) is 33.3. The number of hydrogen-bond donors (Lipinski definition) is 0. The molecule has 0 saturated carbocycles.